The summed E-state index contributed by atoms with van der Waals surface area (Å²) in [5.41, 5.74) is 7.87. The third-order valence-corrected chi connectivity index (χ3v) is 3.55. The van der Waals surface area contributed by atoms with Crippen LogP contribution >= 0.6 is 27.5 Å². The summed E-state index contributed by atoms with van der Waals surface area (Å²) in [6, 6.07) is 12.7. The first-order chi connectivity index (χ1) is 9.63. The van der Waals surface area contributed by atoms with E-state index in [0.717, 1.165) is 10.0 Å². The van der Waals surface area contributed by atoms with Crippen LogP contribution in [-0.2, 0) is 0 Å². The Morgan fingerprint density at radius 3 is 2.80 bits per heavy atom. The molecule has 0 spiro atoms. The molecule has 1 heterocycles. The second kappa shape index (κ2) is 5.26. The molecule has 0 saturated heterocycles. The van der Waals surface area contributed by atoms with Crippen LogP contribution in [0.3, 0.4) is 0 Å². The monoisotopic (exact) mass is 349 g/mol. The highest BCUT2D eigenvalue weighted by molar-refractivity contribution is 9.10. The zero-order chi connectivity index (χ0) is 14.1. The lowest BCUT2D eigenvalue weighted by molar-refractivity contribution is 0.432. The number of nitrogens with zero attached hydrogens (tertiary/aromatic N) is 2. The molecule has 2 N–H and O–H groups in total. The summed E-state index contributed by atoms with van der Waals surface area (Å²) in [5.74, 6) is 0.845. The first-order valence-corrected chi connectivity index (χ1v) is 6.95. The second-order valence-electron chi connectivity index (χ2n) is 4.17. The Morgan fingerprint density at radius 2 is 2.00 bits per heavy atom. The summed E-state index contributed by atoms with van der Waals surface area (Å²) in [6.07, 6.45) is 0. The van der Waals surface area contributed by atoms with E-state index >= 15 is 0 Å². The number of halogens is 2. The molecule has 1 aromatic heterocycles. The SMILES string of the molecule is Nc1cccc(-c2noc(-c3cc(Br)ccc3Cl)n2)c1. The summed E-state index contributed by atoms with van der Waals surface area (Å²) in [7, 11) is 0. The Hall–Kier alpha value is -1.85. The van der Waals surface area contributed by atoms with Gasteiger partial charge in [-0.1, -0.05) is 44.8 Å². The minimum Gasteiger partial charge on any atom is -0.399 e. The van der Waals surface area contributed by atoms with Gasteiger partial charge in [-0.15, -0.1) is 0 Å². The van der Waals surface area contributed by atoms with E-state index in [9.17, 15) is 0 Å². The van der Waals surface area contributed by atoms with Crippen molar-refractivity contribution in [1.29, 1.82) is 0 Å². The van der Waals surface area contributed by atoms with Gasteiger partial charge in [-0.3, -0.25) is 0 Å². The zero-order valence-electron chi connectivity index (χ0n) is 10.2. The van der Waals surface area contributed by atoms with E-state index in [1.807, 2.05) is 24.3 Å². The molecule has 0 aliphatic heterocycles. The van der Waals surface area contributed by atoms with Gasteiger partial charge in [0, 0.05) is 15.7 Å². The maximum Gasteiger partial charge on any atom is 0.259 e. The highest BCUT2D eigenvalue weighted by atomic mass is 79.9. The van der Waals surface area contributed by atoms with Crippen molar-refractivity contribution in [3.63, 3.8) is 0 Å². The summed E-state index contributed by atoms with van der Waals surface area (Å²) in [5, 5.41) is 4.51. The molecular weight excluding hydrogens is 342 g/mol. The quantitative estimate of drug-likeness (QED) is 0.696. The van der Waals surface area contributed by atoms with E-state index in [1.165, 1.54) is 0 Å². The van der Waals surface area contributed by atoms with Crippen LogP contribution < -0.4 is 5.73 Å². The van der Waals surface area contributed by atoms with Crippen LogP contribution in [0.1, 0.15) is 0 Å². The fourth-order valence-corrected chi connectivity index (χ4v) is 2.35. The Bertz CT molecular complexity index is 773. The molecule has 0 bridgehead atoms. The molecule has 0 amide bonds. The van der Waals surface area contributed by atoms with Crippen molar-refractivity contribution >= 4 is 33.2 Å². The molecule has 2 aromatic carbocycles. The van der Waals surface area contributed by atoms with Gasteiger partial charge in [-0.2, -0.15) is 4.98 Å². The summed E-state index contributed by atoms with van der Waals surface area (Å²) in [4.78, 5) is 4.36. The van der Waals surface area contributed by atoms with Crippen LogP contribution in [0.5, 0.6) is 0 Å². The maximum atomic E-state index is 6.14. The topological polar surface area (TPSA) is 64.9 Å². The van der Waals surface area contributed by atoms with Crippen LogP contribution in [0.15, 0.2) is 51.5 Å². The fraction of sp³-hybridized carbons (Fsp3) is 0. The first kappa shape index (κ1) is 13.1. The molecule has 0 unspecified atom stereocenters. The average Bonchev–Trinajstić information content (AvgIpc) is 2.91. The molecule has 0 aliphatic rings. The number of aromatic nitrogens is 2. The minimum atomic E-state index is 0.369. The highest BCUT2D eigenvalue weighted by Gasteiger charge is 2.14. The van der Waals surface area contributed by atoms with E-state index in [0.29, 0.717) is 28.0 Å². The number of hydrogen-bond donors (Lipinski definition) is 1. The van der Waals surface area contributed by atoms with Crippen molar-refractivity contribution in [3.8, 4) is 22.8 Å². The fourth-order valence-electron chi connectivity index (χ4n) is 1.79. The molecule has 3 rings (SSSR count). The van der Waals surface area contributed by atoms with Crippen molar-refractivity contribution in [2.75, 3.05) is 5.73 Å². The Balaban J connectivity index is 2.04. The first-order valence-electron chi connectivity index (χ1n) is 5.78. The lowest BCUT2D eigenvalue weighted by atomic mass is 10.2. The maximum absolute atomic E-state index is 6.14. The minimum absolute atomic E-state index is 0.369. The van der Waals surface area contributed by atoms with Gasteiger partial charge >= 0.3 is 0 Å². The van der Waals surface area contributed by atoms with E-state index in [-0.39, 0.29) is 0 Å². The van der Waals surface area contributed by atoms with Gasteiger partial charge in [-0.05, 0) is 30.3 Å². The van der Waals surface area contributed by atoms with Crippen LogP contribution in [0.25, 0.3) is 22.8 Å². The second-order valence-corrected chi connectivity index (χ2v) is 5.50. The molecule has 0 saturated carbocycles. The van der Waals surface area contributed by atoms with Crippen LogP contribution in [0.2, 0.25) is 5.02 Å². The van der Waals surface area contributed by atoms with Crippen LogP contribution in [0, 0.1) is 0 Å². The van der Waals surface area contributed by atoms with Gasteiger partial charge < -0.3 is 10.3 Å². The third-order valence-electron chi connectivity index (χ3n) is 2.73. The predicted molar refractivity (Wildman–Crippen MR) is 82.3 cm³/mol. The van der Waals surface area contributed by atoms with Gasteiger partial charge in [0.15, 0.2) is 0 Å². The summed E-state index contributed by atoms with van der Waals surface area (Å²) in [6.45, 7) is 0. The van der Waals surface area contributed by atoms with E-state index in [1.54, 1.807) is 18.2 Å². The lowest BCUT2D eigenvalue weighted by Gasteiger charge is -1.98. The Labute approximate surface area is 128 Å². The standard InChI is InChI=1S/C14H9BrClN3O/c15-9-4-5-12(16)11(7-9)14-18-13(19-20-14)8-2-1-3-10(17)6-8/h1-7H,17H2. The van der Waals surface area contributed by atoms with Gasteiger partial charge in [0.1, 0.15) is 0 Å². The lowest BCUT2D eigenvalue weighted by Crippen LogP contribution is -1.86. The smallest absolute Gasteiger partial charge is 0.259 e. The molecule has 3 aromatic rings. The molecular formula is C14H9BrClN3O. The summed E-state index contributed by atoms with van der Waals surface area (Å²) < 4.78 is 6.16. The highest BCUT2D eigenvalue weighted by Crippen LogP contribution is 2.31. The van der Waals surface area contributed by atoms with Gasteiger partial charge in [0.25, 0.3) is 5.89 Å². The Morgan fingerprint density at radius 1 is 1.15 bits per heavy atom. The molecule has 6 heteroatoms. The molecule has 4 nitrogen and oxygen atoms in total. The van der Waals surface area contributed by atoms with Crippen LogP contribution in [-0.4, -0.2) is 10.1 Å². The van der Waals surface area contributed by atoms with E-state index in [2.05, 4.69) is 26.1 Å². The molecule has 20 heavy (non-hydrogen) atoms. The largest absolute Gasteiger partial charge is 0.399 e. The van der Waals surface area contributed by atoms with E-state index < -0.39 is 0 Å². The van der Waals surface area contributed by atoms with Crippen molar-refractivity contribution in [2.24, 2.45) is 0 Å². The summed E-state index contributed by atoms with van der Waals surface area (Å²) >= 11 is 9.53. The van der Waals surface area contributed by atoms with Gasteiger partial charge in [0.05, 0.1) is 10.6 Å². The van der Waals surface area contributed by atoms with Crippen molar-refractivity contribution in [1.82, 2.24) is 10.1 Å². The zero-order valence-corrected chi connectivity index (χ0v) is 12.5. The molecule has 0 aliphatic carbocycles. The van der Waals surface area contributed by atoms with Crippen molar-refractivity contribution in [2.45, 2.75) is 0 Å². The molecule has 100 valence electrons. The number of hydrogen-bond acceptors (Lipinski definition) is 4. The molecule has 0 fully saturated rings. The average molecular weight is 351 g/mol. The van der Waals surface area contributed by atoms with Crippen LogP contribution in [0.4, 0.5) is 5.69 Å². The number of anilines is 1. The normalized spacial score (nSPS) is 10.7. The Kier molecular flexibility index (Phi) is 3.46. The van der Waals surface area contributed by atoms with Gasteiger partial charge in [-0.25, -0.2) is 0 Å². The van der Waals surface area contributed by atoms with Crippen molar-refractivity contribution < 1.29 is 4.52 Å². The van der Waals surface area contributed by atoms with Gasteiger partial charge in [0.2, 0.25) is 5.82 Å². The number of nitrogen functional groups attached to an aromatic ring is 1. The number of nitrogens with two attached hydrogens (primary N) is 1. The van der Waals surface area contributed by atoms with E-state index in [4.69, 9.17) is 21.9 Å². The number of benzene rings is 2. The van der Waals surface area contributed by atoms with Crippen molar-refractivity contribution in [3.05, 3.63) is 52.0 Å². The molecule has 0 atom stereocenters. The third kappa shape index (κ3) is 2.55. The molecule has 0 radical (unpaired) electrons. The predicted octanol–water partition coefficient (Wildman–Crippen LogP) is 4.40. The number of rotatable bonds is 2.